The first kappa shape index (κ1) is 20.0. The highest BCUT2D eigenvalue weighted by Crippen LogP contribution is 2.41. The minimum atomic E-state index is -1.09. The van der Waals surface area contributed by atoms with E-state index in [0.717, 1.165) is 10.8 Å². The molecule has 3 aromatic rings. The minimum Gasteiger partial charge on any atom is -0.493 e. The lowest BCUT2D eigenvalue weighted by molar-refractivity contribution is -0.122. The Balaban J connectivity index is 1.76. The van der Waals surface area contributed by atoms with Crippen LogP contribution in [-0.2, 0) is 14.9 Å². The molecule has 0 saturated carbocycles. The van der Waals surface area contributed by atoms with Gasteiger partial charge in [-0.1, -0.05) is 35.9 Å². The number of alkyl carbamates (subject to hydrolysis) is 1. The van der Waals surface area contributed by atoms with Crippen LogP contribution in [0.2, 0.25) is 5.02 Å². The molecule has 0 saturated heterocycles. The zero-order chi connectivity index (χ0) is 21.1. The van der Waals surface area contributed by atoms with Crippen molar-refractivity contribution in [3.8, 4) is 5.75 Å². The molecule has 2 amide bonds. The molecule has 0 bridgehead atoms. The molecule has 1 aliphatic heterocycles. The van der Waals surface area contributed by atoms with Crippen LogP contribution in [0.3, 0.4) is 0 Å². The van der Waals surface area contributed by atoms with Crippen molar-refractivity contribution >= 4 is 40.1 Å². The number of anilines is 1. The highest BCUT2D eigenvalue weighted by atomic mass is 35.5. The third-order valence-electron chi connectivity index (χ3n) is 5.31. The van der Waals surface area contributed by atoms with Crippen molar-refractivity contribution in [1.82, 2.24) is 10.3 Å². The summed E-state index contributed by atoms with van der Waals surface area (Å²) in [6.07, 6.45) is 3.08. The van der Waals surface area contributed by atoms with Gasteiger partial charge in [0, 0.05) is 40.5 Å². The summed E-state index contributed by atoms with van der Waals surface area (Å²) in [6, 6.07) is 12.8. The zero-order valence-electron chi connectivity index (χ0n) is 16.3. The van der Waals surface area contributed by atoms with Gasteiger partial charge in [-0.2, -0.15) is 0 Å². The minimum absolute atomic E-state index is 0.0282. The molecule has 154 valence electrons. The van der Waals surface area contributed by atoms with Crippen LogP contribution < -0.4 is 15.4 Å². The van der Waals surface area contributed by atoms with Crippen LogP contribution in [0.5, 0.6) is 5.75 Å². The number of nitrogens with zero attached hydrogens (tertiary/aromatic N) is 1. The Hall–Kier alpha value is -3.32. The molecular weight excluding hydrogens is 406 g/mol. The molecule has 0 fully saturated rings. The molecule has 30 heavy (non-hydrogen) atoms. The predicted molar refractivity (Wildman–Crippen MR) is 114 cm³/mol. The second kappa shape index (κ2) is 8.20. The SMILES string of the molecule is COC(=O)NC[C@@]1(C(=O)Nc2cncc3ccccc23)CCOc2ccc(Cl)cc21. The molecule has 4 rings (SSSR count). The third kappa shape index (κ3) is 3.64. The normalized spacial score (nSPS) is 17.5. The Labute approximate surface area is 178 Å². The quantitative estimate of drug-likeness (QED) is 0.661. The molecule has 2 aromatic carbocycles. The van der Waals surface area contributed by atoms with Gasteiger partial charge in [0.25, 0.3) is 0 Å². The number of carbonyl (C=O) groups is 2. The van der Waals surface area contributed by atoms with Crippen LogP contribution in [0.4, 0.5) is 10.5 Å². The number of fused-ring (bicyclic) bond motifs is 2. The lowest BCUT2D eigenvalue weighted by Crippen LogP contribution is -2.51. The predicted octanol–water partition coefficient (Wildman–Crippen LogP) is 3.90. The largest absolute Gasteiger partial charge is 0.493 e. The first-order valence-corrected chi connectivity index (χ1v) is 9.80. The molecule has 8 heteroatoms. The highest BCUT2D eigenvalue weighted by molar-refractivity contribution is 6.30. The summed E-state index contributed by atoms with van der Waals surface area (Å²) < 4.78 is 10.4. The van der Waals surface area contributed by atoms with Gasteiger partial charge >= 0.3 is 6.09 Å². The molecule has 1 aliphatic rings. The Morgan fingerprint density at radius 2 is 2.07 bits per heavy atom. The summed E-state index contributed by atoms with van der Waals surface area (Å²) in [7, 11) is 1.28. The van der Waals surface area contributed by atoms with E-state index in [1.807, 2.05) is 24.3 Å². The number of hydrogen-bond donors (Lipinski definition) is 2. The van der Waals surface area contributed by atoms with Gasteiger partial charge in [-0.15, -0.1) is 0 Å². The van der Waals surface area contributed by atoms with Gasteiger partial charge in [0.15, 0.2) is 0 Å². The number of amides is 2. The average Bonchev–Trinajstić information content (AvgIpc) is 2.77. The molecule has 7 nitrogen and oxygen atoms in total. The second-order valence-corrected chi connectivity index (χ2v) is 7.46. The monoisotopic (exact) mass is 425 g/mol. The van der Waals surface area contributed by atoms with Crippen LogP contribution in [0.15, 0.2) is 54.9 Å². The number of methoxy groups -OCH3 is 1. The van der Waals surface area contributed by atoms with Crippen molar-refractivity contribution in [2.75, 3.05) is 25.6 Å². The van der Waals surface area contributed by atoms with Crippen LogP contribution in [-0.4, -0.2) is 37.2 Å². The summed E-state index contributed by atoms with van der Waals surface area (Å²) in [6.45, 7) is 0.346. The Bertz CT molecular complexity index is 1120. The van der Waals surface area contributed by atoms with Crippen molar-refractivity contribution in [3.63, 3.8) is 0 Å². The second-order valence-electron chi connectivity index (χ2n) is 7.03. The lowest BCUT2D eigenvalue weighted by atomic mass is 9.74. The van der Waals surface area contributed by atoms with Crippen molar-refractivity contribution < 1.29 is 19.1 Å². The van der Waals surface area contributed by atoms with Gasteiger partial charge in [-0.3, -0.25) is 9.78 Å². The maximum atomic E-state index is 13.7. The molecule has 0 aliphatic carbocycles. The van der Waals surface area contributed by atoms with Crippen molar-refractivity contribution in [3.05, 3.63) is 65.4 Å². The number of nitrogens with one attached hydrogen (secondary N) is 2. The molecule has 1 atom stereocenters. The molecule has 0 unspecified atom stereocenters. The van der Waals surface area contributed by atoms with Crippen LogP contribution in [0.25, 0.3) is 10.8 Å². The van der Waals surface area contributed by atoms with Gasteiger partial charge in [-0.05, 0) is 18.2 Å². The van der Waals surface area contributed by atoms with Crippen LogP contribution in [0.1, 0.15) is 12.0 Å². The molecule has 2 heterocycles. The molecule has 0 spiro atoms. The summed E-state index contributed by atoms with van der Waals surface area (Å²) in [5.74, 6) is 0.271. The number of aromatic nitrogens is 1. The van der Waals surface area contributed by atoms with Crippen LogP contribution in [0, 0.1) is 0 Å². The zero-order valence-corrected chi connectivity index (χ0v) is 17.0. The fraction of sp³-hybridized carbons (Fsp3) is 0.227. The number of hydrogen-bond acceptors (Lipinski definition) is 5. The number of ether oxygens (including phenoxy) is 2. The van der Waals surface area contributed by atoms with Crippen molar-refractivity contribution in [2.45, 2.75) is 11.8 Å². The third-order valence-corrected chi connectivity index (χ3v) is 5.55. The van der Waals surface area contributed by atoms with Gasteiger partial charge in [0.1, 0.15) is 5.75 Å². The van der Waals surface area contributed by atoms with E-state index in [9.17, 15) is 9.59 Å². The fourth-order valence-electron chi connectivity index (χ4n) is 3.72. The molecular formula is C22H20ClN3O4. The summed E-state index contributed by atoms with van der Waals surface area (Å²) in [5, 5.41) is 7.93. The summed E-state index contributed by atoms with van der Waals surface area (Å²) in [4.78, 5) is 29.7. The number of rotatable bonds is 4. The van der Waals surface area contributed by atoms with E-state index in [2.05, 4.69) is 15.6 Å². The van der Waals surface area contributed by atoms with E-state index in [1.165, 1.54) is 7.11 Å². The number of benzene rings is 2. The Morgan fingerprint density at radius 1 is 1.23 bits per heavy atom. The van der Waals surface area contributed by atoms with E-state index < -0.39 is 11.5 Å². The summed E-state index contributed by atoms with van der Waals surface area (Å²) in [5.41, 5.74) is 0.109. The number of carbonyl (C=O) groups excluding carboxylic acids is 2. The van der Waals surface area contributed by atoms with Crippen molar-refractivity contribution in [1.29, 1.82) is 0 Å². The first-order chi connectivity index (χ1) is 14.5. The van der Waals surface area contributed by atoms with Crippen molar-refractivity contribution in [2.24, 2.45) is 0 Å². The lowest BCUT2D eigenvalue weighted by Gasteiger charge is -2.37. The maximum Gasteiger partial charge on any atom is 0.406 e. The van der Waals surface area contributed by atoms with Gasteiger partial charge < -0.3 is 20.1 Å². The van der Waals surface area contributed by atoms with E-state index in [1.54, 1.807) is 30.6 Å². The van der Waals surface area contributed by atoms with E-state index in [-0.39, 0.29) is 12.5 Å². The fourth-order valence-corrected chi connectivity index (χ4v) is 3.90. The number of halogens is 1. The van der Waals surface area contributed by atoms with Gasteiger partial charge in [-0.25, -0.2) is 4.79 Å². The number of pyridine rings is 1. The van der Waals surface area contributed by atoms with E-state index in [0.29, 0.717) is 35.1 Å². The Kier molecular flexibility index (Phi) is 5.46. The van der Waals surface area contributed by atoms with Gasteiger partial charge in [0.2, 0.25) is 5.91 Å². The van der Waals surface area contributed by atoms with E-state index >= 15 is 0 Å². The highest BCUT2D eigenvalue weighted by Gasteiger charge is 2.45. The average molecular weight is 426 g/mol. The van der Waals surface area contributed by atoms with E-state index in [4.69, 9.17) is 21.1 Å². The summed E-state index contributed by atoms with van der Waals surface area (Å²) >= 11 is 6.23. The molecule has 0 radical (unpaired) electrons. The van der Waals surface area contributed by atoms with Crippen LogP contribution >= 0.6 is 11.6 Å². The standard InChI is InChI=1S/C22H20ClN3O4/c1-29-21(28)25-13-22(8-9-30-19-7-6-15(23)10-17(19)22)20(27)26-18-12-24-11-14-4-2-3-5-16(14)18/h2-7,10-12H,8-9,13H2,1H3,(H,25,28)(H,26,27)/t22-/m0/s1. The maximum absolute atomic E-state index is 13.7. The Morgan fingerprint density at radius 3 is 2.90 bits per heavy atom. The first-order valence-electron chi connectivity index (χ1n) is 9.42. The smallest absolute Gasteiger partial charge is 0.406 e. The molecule has 1 aromatic heterocycles. The topological polar surface area (TPSA) is 89.5 Å². The molecule has 2 N–H and O–H groups in total. The van der Waals surface area contributed by atoms with Gasteiger partial charge in [0.05, 0.1) is 31.0 Å².